The molecule has 0 aromatic heterocycles. The van der Waals surface area contributed by atoms with Crippen LogP contribution in [0.3, 0.4) is 0 Å². The Balaban J connectivity index is 1.62. The first kappa shape index (κ1) is 13.2. The molecule has 0 radical (unpaired) electrons. The van der Waals surface area contributed by atoms with Gasteiger partial charge < -0.3 is 15.4 Å². The van der Waals surface area contributed by atoms with Gasteiger partial charge in [0.25, 0.3) is 0 Å². The highest BCUT2D eigenvalue weighted by Gasteiger charge is 2.21. The van der Waals surface area contributed by atoms with E-state index >= 15 is 0 Å². The fourth-order valence-corrected chi connectivity index (χ4v) is 2.78. The molecule has 4 nitrogen and oxygen atoms in total. The maximum atomic E-state index is 5.69. The molecule has 0 atom stereocenters. The van der Waals surface area contributed by atoms with Gasteiger partial charge in [0.2, 0.25) is 0 Å². The van der Waals surface area contributed by atoms with Gasteiger partial charge in [-0.25, -0.2) is 0 Å². The van der Waals surface area contributed by atoms with Crippen LogP contribution >= 0.6 is 12.2 Å². The third-order valence-corrected chi connectivity index (χ3v) is 4.16. The van der Waals surface area contributed by atoms with Crippen molar-refractivity contribution in [3.05, 3.63) is 0 Å². The van der Waals surface area contributed by atoms with Crippen molar-refractivity contribution in [1.82, 2.24) is 9.80 Å². The Hall–Kier alpha value is -0.230. The lowest BCUT2D eigenvalue weighted by atomic mass is 9.97. The van der Waals surface area contributed by atoms with E-state index in [0.717, 1.165) is 52.2 Å². The van der Waals surface area contributed by atoms with Crippen molar-refractivity contribution < 1.29 is 4.74 Å². The van der Waals surface area contributed by atoms with Gasteiger partial charge in [-0.1, -0.05) is 12.2 Å². The molecule has 0 aliphatic carbocycles. The van der Waals surface area contributed by atoms with Crippen molar-refractivity contribution >= 4 is 17.2 Å². The molecule has 0 spiro atoms. The molecule has 2 rings (SSSR count). The van der Waals surface area contributed by atoms with Crippen molar-refractivity contribution in [2.45, 2.75) is 12.8 Å². The topological polar surface area (TPSA) is 41.7 Å². The Morgan fingerprint density at radius 1 is 1.06 bits per heavy atom. The summed E-state index contributed by atoms with van der Waals surface area (Å²) in [6, 6.07) is 0. The first-order valence-corrected chi connectivity index (χ1v) is 6.98. The molecule has 2 aliphatic heterocycles. The standard InChI is InChI=1S/C12H23N3OS/c13-12(17)11-1-3-14(4-2-11)5-6-15-7-9-16-10-8-15/h11H,1-10H2,(H2,13,17). The maximum Gasteiger partial charge on any atom is 0.0759 e. The van der Waals surface area contributed by atoms with Crippen LogP contribution in [0, 0.1) is 5.92 Å². The normalized spacial score (nSPS) is 24.9. The molecule has 2 aliphatic rings. The summed E-state index contributed by atoms with van der Waals surface area (Å²) in [4.78, 5) is 5.73. The van der Waals surface area contributed by atoms with E-state index in [1.165, 1.54) is 13.1 Å². The van der Waals surface area contributed by atoms with E-state index in [1.807, 2.05) is 0 Å². The molecule has 0 amide bonds. The smallest absolute Gasteiger partial charge is 0.0759 e. The molecular formula is C12H23N3OS. The molecule has 0 aromatic carbocycles. The monoisotopic (exact) mass is 257 g/mol. The number of piperidine rings is 1. The molecule has 0 bridgehead atoms. The Kier molecular flexibility index (Phi) is 5.16. The van der Waals surface area contributed by atoms with Crippen LogP contribution in [0.25, 0.3) is 0 Å². The number of nitrogens with two attached hydrogens (primary N) is 1. The second-order valence-corrected chi connectivity index (χ2v) is 5.44. The molecule has 98 valence electrons. The summed E-state index contributed by atoms with van der Waals surface area (Å²) < 4.78 is 5.35. The van der Waals surface area contributed by atoms with Crippen molar-refractivity contribution in [3.8, 4) is 0 Å². The molecule has 0 aromatic rings. The Morgan fingerprint density at radius 3 is 2.12 bits per heavy atom. The van der Waals surface area contributed by atoms with Crippen molar-refractivity contribution in [1.29, 1.82) is 0 Å². The third kappa shape index (κ3) is 4.17. The fourth-order valence-electron chi connectivity index (χ4n) is 2.55. The highest BCUT2D eigenvalue weighted by atomic mass is 32.1. The quantitative estimate of drug-likeness (QED) is 0.735. The minimum atomic E-state index is 0.477. The lowest BCUT2D eigenvalue weighted by molar-refractivity contribution is 0.0320. The number of rotatable bonds is 4. The van der Waals surface area contributed by atoms with E-state index in [2.05, 4.69) is 9.80 Å². The summed E-state index contributed by atoms with van der Waals surface area (Å²) in [5, 5.41) is 0. The molecule has 17 heavy (non-hydrogen) atoms. The molecule has 5 heteroatoms. The largest absolute Gasteiger partial charge is 0.393 e. The number of nitrogens with zero attached hydrogens (tertiary/aromatic N) is 2. The maximum absolute atomic E-state index is 5.69. The van der Waals surface area contributed by atoms with Crippen LogP contribution in [0.4, 0.5) is 0 Å². The fraction of sp³-hybridized carbons (Fsp3) is 0.917. The third-order valence-electron chi connectivity index (χ3n) is 3.83. The number of morpholine rings is 1. The van der Waals surface area contributed by atoms with Gasteiger partial charge in [0.1, 0.15) is 0 Å². The minimum Gasteiger partial charge on any atom is -0.393 e. The first-order chi connectivity index (χ1) is 8.25. The van der Waals surface area contributed by atoms with Gasteiger partial charge >= 0.3 is 0 Å². The lowest BCUT2D eigenvalue weighted by Gasteiger charge is -2.34. The Morgan fingerprint density at radius 2 is 1.59 bits per heavy atom. The number of likely N-dealkylation sites (tertiary alicyclic amines) is 1. The zero-order valence-electron chi connectivity index (χ0n) is 10.4. The van der Waals surface area contributed by atoms with E-state index in [0.29, 0.717) is 10.9 Å². The molecule has 2 saturated heterocycles. The number of ether oxygens (including phenoxy) is 1. The summed E-state index contributed by atoms with van der Waals surface area (Å²) in [7, 11) is 0. The molecular weight excluding hydrogens is 234 g/mol. The van der Waals surface area contributed by atoms with Gasteiger partial charge in [0, 0.05) is 32.1 Å². The Bertz CT molecular complexity index is 248. The number of hydrogen-bond donors (Lipinski definition) is 1. The van der Waals surface area contributed by atoms with Gasteiger partial charge in [-0.15, -0.1) is 0 Å². The van der Waals surface area contributed by atoms with E-state index in [9.17, 15) is 0 Å². The van der Waals surface area contributed by atoms with Gasteiger partial charge in [0.05, 0.1) is 18.2 Å². The molecule has 2 N–H and O–H groups in total. The SMILES string of the molecule is NC(=S)C1CCN(CCN2CCOCC2)CC1. The van der Waals surface area contributed by atoms with Crippen LogP contribution in [-0.4, -0.2) is 67.3 Å². The Labute approximate surface area is 109 Å². The average Bonchev–Trinajstić information content (AvgIpc) is 2.38. The van der Waals surface area contributed by atoms with E-state index in [-0.39, 0.29) is 0 Å². The number of thiocarbonyl (C=S) groups is 1. The predicted molar refractivity (Wildman–Crippen MR) is 73.2 cm³/mol. The van der Waals surface area contributed by atoms with Gasteiger partial charge in [-0.3, -0.25) is 4.90 Å². The highest BCUT2D eigenvalue weighted by Crippen LogP contribution is 2.17. The lowest BCUT2D eigenvalue weighted by Crippen LogP contribution is -2.44. The van der Waals surface area contributed by atoms with Gasteiger partial charge in [-0.05, 0) is 25.9 Å². The predicted octanol–water partition coefficient (Wildman–Crippen LogP) is 0.317. The van der Waals surface area contributed by atoms with Crippen molar-refractivity contribution in [2.75, 3.05) is 52.5 Å². The molecule has 0 unspecified atom stereocenters. The van der Waals surface area contributed by atoms with E-state index in [4.69, 9.17) is 22.7 Å². The second-order valence-electron chi connectivity index (χ2n) is 4.97. The number of hydrogen-bond acceptors (Lipinski definition) is 4. The molecule has 2 heterocycles. The summed E-state index contributed by atoms with van der Waals surface area (Å²) in [6.07, 6.45) is 2.27. The van der Waals surface area contributed by atoms with Crippen LogP contribution in [0.1, 0.15) is 12.8 Å². The summed E-state index contributed by atoms with van der Waals surface area (Å²) >= 11 is 5.06. The minimum absolute atomic E-state index is 0.477. The first-order valence-electron chi connectivity index (χ1n) is 6.57. The zero-order valence-corrected chi connectivity index (χ0v) is 11.3. The van der Waals surface area contributed by atoms with Crippen LogP contribution in [0.2, 0.25) is 0 Å². The van der Waals surface area contributed by atoms with Crippen molar-refractivity contribution in [2.24, 2.45) is 11.7 Å². The molecule has 2 fully saturated rings. The van der Waals surface area contributed by atoms with E-state index in [1.54, 1.807) is 0 Å². The van der Waals surface area contributed by atoms with Crippen LogP contribution in [0.5, 0.6) is 0 Å². The highest BCUT2D eigenvalue weighted by molar-refractivity contribution is 7.80. The van der Waals surface area contributed by atoms with Gasteiger partial charge in [-0.2, -0.15) is 0 Å². The van der Waals surface area contributed by atoms with Crippen LogP contribution in [-0.2, 0) is 4.74 Å². The van der Waals surface area contributed by atoms with E-state index < -0.39 is 0 Å². The van der Waals surface area contributed by atoms with Crippen LogP contribution < -0.4 is 5.73 Å². The average molecular weight is 257 g/mol. The summed E-state index contributed by atoms with van der Waals surface area (Å²) in [5.41, 5.74) is 5.69. The van der Waals surface area contributed by atoms with Crippen LogP contribution in [0.15, 0.2) is 0 Å². The summed E-state index contributed by atoms with van der Waals surface area (Å²) in [5.74, 6) is 0.477. The zero-order chi connectivity index (χ0) is 12.1. The van der Waals surface area contributed by atoms with Crippen molar-refractivity contribution in [3.63, 3.8) is 0 Å². The molecule has 0 saturated carbocycles. The van der Waals surface area contributed by atoms with Gasteiger partial charge in [0.15, 0.2) is 0 Å². The summed E-state index contributed by atoms with van der Waals surface area (Å²) in [6.45, 7) is 8.59. The second kappa shape index (κ2) is 6.64.